The van der Waals surface area contributed by atoms with Gasteiger partial charge >= 0.3 is 0 Å². The normalized spacial score (nSPS) is 16.0. The molecule has 1 fully saturated rings. The van der Waals surface area contributed by atoms with Crippen molar-refractivity contribution in [1.29, 1.82) is 0 Å². The SMILES string of the molecule is O=C(COCCOCC(=O)Nc1ccccc1C(Nc1ccccn1)C(c1ccccn1)C(O)c1ccccc1)NCc1cccc(C2C(CCC(O)c3ccc(F)cc3)C(=O)N2c2ccc(F)cc2)c1. The quantitative estimate of drug-likeness (QED) is 0.0308. The first-order chi connectivity index (χ1) is 34.6. The largest absolute Gasteiger partial charge is 0.388 e. The zero-order chi connectivity index (χ0) is 49.5. The van der Waals surface area contributed by atoms with Crippen molar-refractivity contribution in [3.05, 3.63) is 221 Å². The molecule has 5 N–H and O–H groups in total. The third-order valence-corrected chi connectivity index (χ3v) is 12.4. The number of halogens is 2. The van der Waals surface area contributed by atoms with E-state index in [1.54, 1.807) is 41.6 Å². The Hall–Kier alpha value is -7.69. The lowest BCUT2D eigenvalue weighted by molar-refractivity contribution is -0.131. The summed E-state index contributed by atoms with van der Waals surface area (Å²) in [4.78, 5) is 50.6. The van der Waals surface area contributed by atoms with Crippen LogP contribution in [0.1, 0.15) is 76.6 Å². The van der Waals surface area contributed by atoms with Crippen molar-refractivity contribution in [1.82, 2.24) is 15.3 Å². The zero-order valence-corrected chi connectivity index (χ0v) is 38.7. The molecule has 5 aromatic carbocycles. The van der Waals surface area contributed by atoms with Crippen molar-refractivity contribution in [2.24, 2.45) is 5.92 Å². The van der Waals surface area contributed by atoms with Crippen molar-refractivity contribution in [2.75, 3.05) is 42.0 Å². The molecule has 8 rings (SSSR count). The van der Waals surface area contributed by atoms with E-state index in [1.165, 1.54) is 36.4 Å². The molecule has 0 radical (unpaired) electrons. The highest BCUT2D eigenvalue weighted by Gasteiger charge is 2.48. The van der Waals surface area contributed by atoms with Gasteiger partial charge in [0.15, 0.2) is 0 Å². The fraction of sp³-hybridized carbons (Fsp3) is 0.232. The number of nitrogens with one attached hydrogen (secondary N) is 3. The lowest BCUT2D eigenvalue weighted by Crippen LogP contribution is -2.55. The maximum Gasteiger partial charge on any atom is 0.250 e. The molecule has 13 nitrogen and oxygen atoms in total. The molecule has 1 aliphatic rings. The summed E-state index contributed by atoms with van der Waals surface area (Å²) in [5.74, 6) is -2.35. The third kappa shape index (κ3) is 12.9. The Kier molecular flexibility index (Phi) is 17.0. The second-order valence-electron chi connectivity index (χ2n) is 17.1. The molecular formula is C56H54F2N6O7. The molecule has 2 aromatic heterocycles. The van der Waals surface area contributed by atoms with Gasteiger partial charge in [-0.15, -0.1) is 0 Å². The van der Waals surface area contributed by atoms with E-state index >= 15 is 0 Å². The maximum atomic E-state index is 13.9. The number of hydrogen-bond donors (Lipinski definition) is 5. The number of carbonyl (C=O) groups is 3. The summed E-state index contributed by atoms with van der Waals surface area (Å²) in [7, 11) is 0. The Bertz CT molecular complexity index is 2830. The van der Waals surface area contributed by atoms with Gasteiger partial charge in [-0.05, 0) is 107 Å². The van der Waals surface area contributed by atoms with Crippen LogP contribution in [-0.4, -0.2) is 64.3 Å². The molecule has 3 amide bonds. The molecule has 1 aliphatic heterocycles. The predicted molar refractivity (Wildman–Crippen MR) is 265 cm³/mol. The number of nitrogens with zero attached hydrogens (tertiary/aromatic N) is 3. The maximum absolute atomic E-state index is 13.9. The fourth-order valence-electron chi connectivity index (χ4n) is 8.86. The van der Waals surface area contributed by atoms with Crippen LogP contribution >= 0.6 is 0 Å². The van der Waals surface area contributed by atoms with Crippen LogP contribution in [0, 0.1) is 17.6 Å². The summed E-state index contributed by atoms with van der Waals surface area (Å²) in [6.45, 7) is -0.307. The summed E-state index contributed by atoms with van der Waals surface area (Å²) in [5, 5.41) is 32.2. The van der Waals surface area contributed by atoms with Gasteiger partial charge in [-0.25, -0.2) is 13.8 Å². The highest BCUT2D eigenvalue weighted by molar-refractivity contribution is 6.03. The smallest absolute Gasteiger partial charge is 0.250 e. The van der Waals surface area contributed by atoms with Crippen LogP contribution in [0.3, 0.4) is 0 Å². The number of aromatic nitrogens is 2. The molecule has 6 atom stereocenters. The summed E-state index contributed by atoms with van der Waals surface area (Å²) < 4.78 is 38.6. The topological polar surface area (TPSA) is 175 Å². The van der Waals surface area contributed by atoms with Crippen molar-refractivity contribution in [3.63, 3.8) is 0 Å². The standard InChI is InChI=1S/C56H54F2N6O7/c57-41-21-19-38(20-22-41)48(65)28-27-45-54(64(56(45)69)43-25-23-42(58)24-26-43)40-14-10-11-37(33-40)34-61-50(66)35-70-31-32-71-36-51(67)62-46-16-5-4-15-44(46)53(63-49-18-7-9-30-60-49)52(47-17-6-8-29-59-47)55(68)39-12-2-1-3-13-39/h1-26,29-30,33,45,48,52-55,65,68H,27-28,31-32,34-36H2,(H,60,63)(H,61,66)(H,62,67). The number of aliphatic hydroxyl groups is 2. The van der Waals surface area contributed by atoms with E-state index in [2.05, 4.69) is 25.9 Å². The van der Waals surface area contributed by atoms with Crippen LogP contribution in [0.5, 0.6) is 0 Å². The van der Waals surface area contributed by atoms with E-state index in [9.17, 15) is 33.4 Å². The average molecular weight is 961 g/mol. The van der Waals surface area contributed by atoms with Gasteiger partial charge in [0.05, 0.1) is 49.3 Å². The van der Waals surface area contributed by atoms with Crippen LogP contribution in [0.4, 0.5) is 26.0 Å². The van der Waals surface area contributed by atoms with Gasteiger partial charge in [0, 0.05) is 36.0 Å². The minimum Gasteiger partial charge on any atom is -0.388 e. The van der Waals surface area contributed by atoms with Gasteiger partial charge in [0.25, 0.3) is 0 Å². The number of rotatable bonds is 23. The summed E-state index contributed by atoms with van der Waals surface area (Å²) in [6, 6.07) is 45.4. The second kappa shape index (κ2) is 24.2. The molecule has 0 aliphatic carbocycles. The number of aliphatic hydroxyl groups excluding tert-OH is 2. The average Bonchev–Trinajstić information content (AvgIpc) is 3.40. The number of amides is 3. The molecule has 0 saturated carbocycles. The Balaban J connectivity index is 0.836. The second-order valence-corrected chi connectivity index (χ2v) is 17.1. The Morgan fingerprint density at radius 2 is 1.35 bits per heavy atom. The molecule has 1 saturated heterocycles. The summed E-state index contributed by atoms with van der Waals surface area (Å²) >= 11 is 0. The lowest BCUT2D eigenvalue weighted by Gasteiger charge is -2.48. The van der Waals surface area contributed by atoms with Crippen molar-refractivity contribution in [3.8, 4) is 0 Å². The van der Waals surface area contributed by atoms with Gasteiger partial charge in [0.2, 0.25) is 17.7 Å². The Labute approximate surface area is 410 Å². The molecule has 0 spiro atoms. The first kappa shape index (κ1) is 49.7. The predicted octanol–water partition coefficient (Wildman–Crippen LogP) is 8.93. The Morgan fingerprint density at radius 3 is 2.06 bits per heavy atom. The first-order valence-electron chi connectivity index (χ1n) is 23.4. The Morgan fingerprint density at radius 1 is 0.690 bits per heavy atom. The number of anilines is 3. The number of β-lactam (4-membered cyclic amide) rings is 1. The third-order valence-electron chi connectivity index (χ3n) is 12.4. The van der Waals surface area contributed by atoms with Crippen molar-refractivity contribution < 1.29 is 42.9 Å². The van der Waals surface area contributed by atoms with Gasteiger partial charge < -0.3 is 40.5 Å². The van der Waals surface area contributed by atoms with Crippen LogP contribution in [0.2, 0.25) is 0 Å². The molecule has 0 bridgehead atoms. The van der Waals surface area contributed by atoms with Crippen molar-refractivity contribution in [2.45, 2.75) is 49.6 Å². The van der Waals surface area contributed by atoms with Crippen LogP contribution in [0.25, 0.3) is 0 Å². The molecule has 15 heteroatoms. The fourth-order valence-corrected chi connectivity index (χ4v) is 8.86. The van der Waals surface area contributed by atoms with Crippen molar-refractivity contribution >= 4 is 34.9 Å². The molecule has 71 heavy (non-hydrogen) atoms. The number of ether oxygens (including phenoxy) is 2. The van der Waals surface area contributed by atoms with E-state index in [0.29, 0.717) is 46.0 Å². The zero-order valence-electron chi connectivity index (χ0n) is 38.7. The molecule has 7 aromatic rings. The summed E-state index contributed by atoms with van der Waals surface area (Å²) in [6.07, 6.45) is 2.07. The minimum absolute atomic E-state index is 0.0338. The number of carbonyl (C=O) groups excluding carboxylic acids is 3. The lowest BCUT2D eigenvalue weighted by atomic mass is 9.78. The minimum atomic E-state index is -0.998. The number of benzene rings is 5. The van der Waals surface area contributed by atoms with Gasteiger partial charge in [-0.1, -0.05) is 97.1 Å². The van der Waals surface area contributed by atoms with E-state index in [4.69, 9.17) is 9.47 Å². The van der Waals surface area contributed by atoms with Crippen LogP contribution in [-0.2, 0) is 30.4 Å². The highest BCUT2D eigenvalue weighted by Crippen LogP contribution is 2.47. The van der Waals surface area contributed by atoms with E-state index in [-0.39, 0.29) is 51.2 Å². The van der Waals surface area contributed by atoms with E-state index < -0.39 is 53.7 Å². The van der Waals surface area contributed by atoms with Crippen LogP contribution in [0.15, 0.2) is 176 Å². The van der Waals surface area contributed by atoms with Gasteiger partial charge in [-0.3, -0.25) is 19.4 Å². The van der Waals surface area contributed by atoms with E-state index in [1.807, 2.05) is 103 Å². The number of para-hydroxylation sites is 1. The monoisotopic (exact) mass is 960 g/mol. The number of hydrogen-bond acceptors (Lipinski definition) is 10. The van der Waals surface area contributed by atoms with Gasteiger partial charge in [0.1, 0.15) is 30.7 Å². The van der Waals surface area contributed by atoms with E-state index in [0.717, 1.165) is 11.1 Å². The number of pyridine rings is 2. The summed E-state index contributed by atoms with van der Waals surface area (Å²) in [5.41, 5.74) is 5.17. The highest BCUT2D eigenvalue weighted by atomic mass is 19.1. The first-order valence-corrected chi connectivity index (χ1v) is 23.4. The molecular weight excluding hydrogens is 907 g/mol. The van der Waals surface area contributed by atoms with Gasteiger partial charge in [-0.2, -0.15) is 0 Å². The van der Waals surface area contributed by atoms with Crippen LogP contribution < -0.4 is 20.9 Å². The molecule has 6 unspecified atom stereocenters. The molecule has 3 heterocycles. The molecule has 364 valence electrons.